The molecule has 0 spiro atoms. The second-order valence-corrected chi connectivity index (χ2v) is 8.96. The number of anilines is 1. The molecule has 1 aromatic heterocycles. The predicted octanol–water partition coefficient (Wildman–Crippen LogP) is 5.15. The Morgan fingerprint density at radius 3 is 2.46 bits per heavy atom. The van der Waals surface area contributed by atoms with Crippen molar-refractivity contribution in [3.05, 3.63) is 89.2 Å². The van der Waals surface area contributed by atoms with Crippen molar-refractivity contribution in [3.8, 4) is 11.5 Å². The summed E-state index contributed by atoms with van der Waals surface area (Å²) in [5, 5.41) is 0. The molecule has 2 aromatic carbocycles. The van der Waals surface area contributed by atoms with Crippen molar-refractivity contribution >= 4 is 17.4 Å². The molecular weight excluding hydrogens is 521 g/mol. The topological polar surface area (TPSA) is 93.7 Å². The fourth-order valence-electron chi connectivity index (χ4n) is 4.63. The van der Waals surface area contributed by atoms with Crippen LogP contribution in [-0.2, 0) is 4.79 Å². The molecule has 1 amide bonds. The van der Waals surface area contributed by atoms with Gasteiger partial charge in [-0.2, -0.15) is 8.78 Å². The van der Waals surface area contributed by atoms with Crippen molar-refractivity contribution < 1.29 is 31.5 Å². The van der Waals surface area contributed by atoms with Gasteiger partial charge >= 0.3 is 0 Å². The van der Waals surface area contributed by atoms with E-state index in [1.807, 2.05) is 6.92 Å². The molecule has 2 atom stereocenters. The third-order valence-electron chi connectivity index (χ3n) is 6.70. The number of amides is 1. The number of carbonyl (C=O) groups is 1. The first kappa shape index (κ1) is 27.7. The number of aliphatic imine (C=N–C) groups is 1. The summed E-state index contributed by atoms with van der Waals surface area (Å²) in [5.41, 5.74) is 7.04. The lowest BCUT2D eigenvalue weighted by atomic mass is 9.86. The predicted molar refractivity (Wildman–Crippen MR) is 134 cm³/mol. The standard InChI is InChI=1S/C27H24F5N5O2/c1-4-20(38)37-8-7-14(11-37)13(2)24-21(27(33)36-12-35-24)25(34-3)16-6-5-15(9-17(16)28)39-26-22(31)18(29)10-19(30)23(26)32/h4-6,9-10,12-14H,1,7-8,11H2,2-3H3,(H2,33,35,36). The highest BCUT2D eigenvalue weighted by atomic mass is 19.2. The van der Waals surface area contributed by atoms with Gasteiger partial charge in [-0.15, -0.1) is 0 Å². The number of nitrogens with zero attached hydrogens (tertiary/aromatic N) is 4. The maximum Gasteiger partial charge on any atom is 0.245 e. The van der Waals surface area contributed by atoms with Crippen LogP contribution in [0.25, 0.3) is 0 Å². The van der Waals surface area contributed by atoms with Gasteiger partial charge in [0.05, 0.1) is 17.0 Å². The molecule has 1 aliphatic rings. The SMILES string of the molecule is C=CC(=O)N1CCC(C(C)c2ncnc(N)c2C(=NC)c2ccc(Oc3c(F)c(F)cc(F)c3F)cc2F)C1. The molecule has 2 heterocycles. The fraction of sp³-hybridized carbons (Fsp3) is 0.259. The third kappa shape index (κ3) is 5.31. The Labute approximate surface area is 220 Å². The molecule has 0 bridgehead atoms. The number of halogens is 5. The van der Waals surface area contributed by atoms with E-state index in [4.69, 9.17) is 10.5 Å². The van der Waals surface area contributed by atoms with E-state index in [0.29, 0.717) is 25.2 Å². The summed E-state index contributed by atoms with van der Waals surface area (Å²) in [7, 11) is 1.42. The van der Waals surface area contributed by atoms with Gasteiger partial charge in [0.2, 0.25) is 23.3 Å². The van der Waals surface area contributed by atoms with Crippen LogP contribution in [0.2, 0.25) is 0 Å². The lowest BCUT2D eigenvalue weighted by Gasteiger charge is -2.23. The van der Waals surface area contributed by atoms with Gasteiger partial charge < -0.3 is 15.4 Å². The summed E-state index contributed by atoms with van der Waals surface area (Å²) < 4.78 is 75.4. The molecule has 12 heteroatoms. The Morgan fingerprint density at radius 1 is 1.15 bits per heavy atom. The van der Waals surface area contributed by atoms with Gasteiger partial charge in [-0.3, -0.25) is 9.79 Å². The van der Waals surface area contributed by atoms with Crippen molar-refractivity contribution in [1.29, 1.82) is 0 Å². The Morgan fingerprint density at radius 2 is 1.85 bits per heavy atom. The first-order valence-electron chi connectivity index (χ1n) is 11.9. The minimum Gasteiger partial charge on any atom is -0.451 e. The van der Waals surface area contributed by atoms with Gasteiger partial charge in [-0.1, -0.05) is 13.5 Å². The van der Waals surface area contributed by atoms with Crippen LogP contribution in [0.5, 0.6) is 11.5 Å². The largest absolute Gasteiger partial charge is 0.451 e. The van der Waals surface area contributed by atoms with Crippen LogP contribution >= 0.6 is 0 Å². The average Bonchev–Trinajstić information content (AvgIpc) is 3.42. The summed E-state index contributed by atoms with van der Waals surface area (Å²) in [6.07, 6.45) is 3.25. The maximum atomic E-state index is 15.3. The highest BCUT2D eigenvalue weighted by Gasteiger charge is 2.33. The number of aromatic nitrogens is 2. The molecule has 3 aromatic rings. The summed E-state index contributed by atoms with van der Waals surface area (Å²) in [4.78, 5) is 26.4. The monoisotopic (exact) mass is 545 g/mol. The molecular formula is C27H24F5N5O2. The van der Waals surface area contributed by atoms with Gasteiger partial charge in [-0.05, 0) is 30.5 Å². The minimum absolute atomic E-state index is 0.0251. The fourth-order valence-corrected chi connectivity index (χ4v) is 4.63. The number of hydrogen-bond acceptors (Lipinski definition) is 6. The van der Waals surface area contributed by atoms with Crippen LogP contribution in [0.1, 0.15) is 36.1 Å². The molecule has 2 unspecified atom stereocenters. The molecule has 1 aliphatic heterocycles. The first-order chi connectivity index (χ1) is 18.6. The number of rotatable bonds is 7. The van der Waals surface area contributed by atoms with Crippen LogP contribution in [0.15, 0.2) is 48.2 Å². The summed E-state index contributed by atoms with van der Waals surface area (Å²) in [5.74, 6) is -9.86. The highest BCUT2D eigenvalue weighted by Crippen LogP contribution is 2.36. The Hall–Kier alpha value is -4.35. The van der Waals surface area contributed by atoms with E-state index < -0.39 is 40.6 Å². The molecule has 0 saturated carbocycles. The minimum atomic E-state index is -1.76. The van der Waals surface area contributed by atoms with E-state index in [1.165, 1.54) is 25.5 Å². The van der Waals surface area contributed by atoms with E-state index >= 15 is 4.39 Å². The molecule has 1 saturated heterocycles. The quantitative estimate of drug-likeness (QED) is 0.192. The second-order valence-electron chi connectivity index (χ2n) is 8.96. The number of benzene rings is 2. The lowest BCUT2D eigenvalue weighted by molar-refractivity contribution is -0.125. The zero-order chi connectivity index (χ0) is 28.4. The molecule has 7 nitrogen and oxygen atoms in total. The Kier molecular flexibility index (Phi) is 7.93. The molecule has 0 radical (unpaired) electrons. The maximum absolute atomic E-state index is 15.3. The zero-order valence-electron chi connectivity index (χ0n) is 21.0. The van der Waals surface area contributed by atoms with Gasteiger partial charge in [0.15, 0.2) is 11.6 Å². The molecule has 0 aliphatic carbocycles. The number of nitrogen functional groups attached to an aromatic ring is 1. The summed E-state index contributed by atoms with van der Waals surface area (Å²) in [6, 6.07) is 3.21. The second kappa shape index (κ2) is 11.2. The normalized spacial score (nSPS) is 16.3. The van der Waals surface area contributed by atoms with Crippen LogP contribution in [0.4, 0.5) is 27.8 Å². The smallest absolute Gasteiger partial charge is 0.245 e. The lowest BCUT2D eigenvalue weighted by Crippen LogP contribution is -2.28. The molecule has 1 fully saturated rings. The Balaban J connectivity index is 1.68. The van der Waals surface area contributed by atoms with Gasteiger partial charge in [0.1, 0.15) is 23.7 Å². The first-order valence-corrected chi connectivity index (χ1v) is 11.9. The molecule has 39 heavy (non-hydrogen) atoms. The number of hydrogen-bond donors (Lipinski definition) is 1. The molecule has 2 N–H and O–H groups in total. The Bertz CT molecular complexity index is 1450. The van der Waals surface area contributed by atoms with E-state index in [2.05, 4.69) is 21.5 Å². The van der Waals surface area contributed by atoms with E-state index in [9.17, 15) is 22.4 Å². The van der Waals surface area contributed by atoms with Crippen molar-refractivity contribution in [2.24, 2.45) is 10.9 Å². The van der Waals surface area contributed by atoms with Crippen LogP contribution in [-0.4, -0.2) is 46.6 Å². The zero-order valence-corrected chi connectivity index (χ0v) is 21.0. The molecule has 204 valence electrons. The number of carbonyl (C=O) groups excluding carboxylic acids is 1. The molecule has 4 rings (SSSR count). The number of ether oxygens (including phenoxy) is 1. The van der Waals surface area contributed by atoms with Crippen molar-refractivity contribution in [2.75, 3.05) is 25.9 Å². The highest BCUT2D eigenvalue weighted by molar-refractivity contribution is 6.16. The average molecular weight is 546 g/mol. The van der Waals surface area contributed by atoms with Gasteiger partial charge in [0.25, 0.3) is 0 Å². The summed E-state index contributed by atoms with van der Waals surface area (Å²) >= 11 is 0. The van der Waals surface area contributed by atoms with Gasteiger partial charge in [-0.25, -0.2) is 23.1 Å². The van der Waals surface area contributed by atoms with Crippen LogP contribution in [0.3, 0.4) is 0 Å². The summed E-state index contributed by atoms with van der Waals surface area (Å²) in [6.45, 7) is 6.47. The van der Waals surface area contributed by atoms with E-state index in [-0.39, 0.29) is 46.5 Å². The van der Waals surface area contributed by atoms with E-state index in [0.717, 1.165) is 12.1 Å². The van der Waals surface area contributed by atoms with E-state index in [1.54, 1.807) is 4.90 Å². The van der Waals surface area contributed by atoms with Crippen molar-refractivity contribution in [1.82, 2.24) is 14.9 Å². The third-order valence-corrected chi connectivity index (χ3v) is 6.70. The van der Waals surface area contributed by atoms with Gasteiger partial charge in [0, 0.05) is 43.8 Å². The number of likely N-dealkylation sites (tertiary alicyclic amines) is 1. The van der Waals surface area contributed by atoms with Crippen LogP contribution in [0, 0.1) is 35.0 Å². The van der Waals surface area contributed by atoms with Crippen molar-refractivity contribution in [2.45, 2.75) is 19.3 Å². The van der Waals surface area contributed by atoms with Crippen LogP contribution < -0.4 is 10.5 Å². The number of nitrogens with two attached hydrogens (primary N) is 1. The van der Waals surface area contributed by atoms with Crippen molar-refractivity contribution in [3.63, 3.8) is 0 Å².